The largest absolute Gasteiger partial charge is 0.465 e. The van der Waals surface area contributed by atoms with Gasteiger partial charge in [0.1, 0.15) is 12.9 Å². The van der Waals surface area contributed by atoms with E-state index < -0.39 is 5.97 Å². The molecule has 0 saturated carbocycles. The molecule has 0 fully saturated rings. The van der Waals surface area contributed by atoms with Gasteiger partial charge in [-0.1, -0.05) is 18.2 Å². The number of rotatable bonds is 5. The first kappa shape index (κ1) is 17.4. The Kier molecular flexibility index (Phi) is 4.55. The Balaban J connectivity index is 1.52. The van der Waals surface area contributed by atoms with Crippen molar-refractivity contribution in [3.8, 4) is 5.69 Å². The van der Waals surface area contributed by atoms with Gasteiger partial charge < -0.3 is 14.6 Å². The molecule has 4 aromatic rings. The van der Waals surface area contributed by atoms with Gasteiger partial charge in [-0.25, -0.2) is 9.48 Å². The molecule has 28 heavy (non-hydrogen) atoms. The van der Waals surface area contributed by atoms with Crippen LogP contribution in [0.2, 0.25) is 0 Å². The lowest BCUT2D eigenvalue weighted by molar-refractivity contribution is -0.116. The molecule has 4 rings (SSSR count). The minimum Gasteiger partial charge on any atom is -0.465 e. The number of fused-ring (bicyclic) bond motifs is 1. The highest BCUT2D eigenvalue weighted by Crippen LogP contribution is 2.22. The Morgan fingerprint density at radius 2 is 1.89 bits per heavy atom. The topological polar surface area (TPSA) is 104 Å². The van der Waals surface area contributed by atoms with Crippen molar-refractivity contribution in [1.29, 1.82) is 0 Å². The maximum absolute atomic E-state index is 12.5. The highest BCUT2D eigenvalue weighted by molar-refractivity contribution is 6.04. The van der Waals surface area contributed by atoms with Gasteiger partial charge in [0.25, 0.3) is 0 Å². The zero-order chi connectivity index (χ0) is 19.5. The Bertz CT molecular complexity index is 1130. The van der Waals surface area contributed by atoms with E-state index in [1.165, 1.54) is 18.1 Å². The SMILES string of the molecule is COC(=O)c1cn(CC(=O)Nc2ccc(-n3cnnn3)cc2)c2ccccc12. The van der Waals surface area contributed by atoms with Gasteiger partial charge in [-0.15, -0.1) is 5.10 Å². The number of nitrogens with one attached hydrogen (secondary N) is 1. The lowest BCUT2D eigenvalue weighted by Gasteiger charge is -2.08. The summed E-state index contributed by atoms with van der Waals surface area (Å²) in [4.78, 5) is 24.5. The highest BCUT2D eigenvalue weighted by atomic mass is 16.5. The van der Waals surface area contributed by atoms with Crippen LogP contribution in [0.3, 0.4) is 0 Å². The number of esters is 1. The summed E-state index contributed by atoms with van der Waals surface area (Å²) in [7, 11) is 1.33. The molecule has 0 atom stereocenters. The number of para-hydroxylation sites is 1. The van der Waals surface area contributed by atoms with Crippen LogP contribution >= 0.6 is 0 Å². The molecular weight excluding hydrogens is 360 g/mol. The summed E-state index contributed by atoms with van der Waals surface area (Å²) in [6.45, 7) is 0.0618. The van der Waals surface area contributed by atoms with Crippen LogP contribution in [0.15, 0.2) is 61.1 Å². The quantitative estimate of drug-likeness (QED) is 0.535. The highest BCUT2D eigenvalue weighted by Gasteiger charge is 2.16. The van der Waals surface area contributed by atoms with Gasteiger partial charge in [0.2, 0.25) is 5.91 Å². The number of amides is 1. The molecule has 9 nitrogen and oxygen atoms in total. The summed E-state index contributed by atoms with van der Waals surface area (Å²) in [6, 6.07) is 14.5. The molecule has 2 heterocycles. The number of hydrogen-bond acceptors (Lipinski definition) is 6. The monoisotopic (exact) mass is 376 g/mol. The van der Waals surface area contributed by atoms with Crippen molar-refractivity contribution in [1.82, 2.24) is 24.8 Å². The first-order valence-corrected chi connectivity index (χ1v) is 8.45. The number of anilines is 1. The third-order valence-electron chi connectivity index (χ3n) is 4.27. The van der Waals surface area contributed by atoms with E-state index in [0.29, 0.717) is 11.3 Å². The predicted molar refractivity (Wildman–Crippen MR) is 101 cm³/mol. The van der Waals surface area contributed by atoms with E-state index in [9.17, 15) is 9.59 Å². The second kappa shape index (κ2) is 7.31. The minimum atomic E-state index is -0.437. The third kappa shape index (κ3) is 3.32. The van der Waals surface area contributed by atoms with Gasteiger partial charge in [-0.3, -0.25) is 4.79 Å². The van der Waals surface area contributed by atoms with Crippen LogP contribution in [-0.4, -0.2) is 43.8 Å². The molecule has 0 aliphatic rings. The average Bonchev–Trinajstić information content (AvgIpc) is 3.37. The number of hydrogen-bond donors (Lipinski definition) is 1. The van der Waals surface area contributed by atoms with Crippen molar-refractivity contribution in [2.24, 2.45) is 0 Å². The van der Waals surface area contributed by atoms with Crippen molar-refractivity contribution in [2.45, 2.75) is 6.54 Å². The van der Waals surface area contributed by atoms with Crippen molar-refractivity contribution < 1.29 is 14.3 Å². The van der Waals surface area contributed by atoms with Crippen LogP contribution in [0, 0.1) is 0 Å². The van der Waals surface area contributed by atoms with Crippen molar-refractivity contribution in [2.75, 3.05) is 12.4 Å². The molecule has 0 saturated heterocycles. The van der Waals surface area contributed by atoms with Crippen LogP contribution in [0.1, 0.15) is 10.4 Å². The Hall–Kier alpha value is -4.01. The molecule has 0 aliphatic heterocycles. The average molecular weight is 376 g/mol. The summed E-state index contributed by atoms with van der Waals surface area (Å²) in [5, 5.41) is 14.6. The maximum atomic E-state index is 12.5. The maximum Gasteiger partial charge on any atom is 0.340 e. The van der Waals surface area contributed by atoms with Crippen LogP contribution in [0.4, 0.5) is 5.69 Å². The van der Waals surface area contributed by atoms with E-state index in [1.54, 1.807) is 35.0 Å². The van der Waals surface area contributed by atoms with Gasteiger partial charge in [-0.05, 0) is 40.8 Å². The van der Waals surface area contributed by atoms with Crippen molar-refractivity contribution in [3.05, 3.63) is 66.6 Å². The summed E-state index contributed by atoms with van der Waals surface area (Å²) in [5.41, 5.74) is 2.64. The smallest absolute Gasteiger partial charge is 0.340 e. The van der Waals surface area contributed by atoms with Gasteiger partial charge in [0, 0.05) is 22.8 Å². The van der Waals surface area contributed by atoms with E-state index in [2.05, 4.69) is 20.8 Å². The first-order valence-electron chi connectivity index (χ1n) is 8.45. The van der Waals surface area contributed by atoms with E-state index in [1.807, 2.05) is 24.3 Å². The van der Waals surface area contributed by atoms with E-state index in [-0.39, 0.29) is 12.5 Å². The molecule has 0 radical (unpaired) electrons. The normalized spacial score (nSPS) is 10.8. The van der Waals surface area contributed by atoms with Crippen LogP contribution < -0.4 is 5.32 Å². The Labute approximate surface area is 159 Å². The fraction of sp³-hybridized carbons (Fsp3) is 0.105. The summed E-state index contributed by atoms with van der Waals surface area (Å²) in [6.07, 6.45) is 3.13. The number of nitrogens with zero attached hydrogens (tertiary/aromatic N) is 5. The second-order valence-corrected chi connectivity index (χ2v) is 6.03. The van der Waals surface area contributed by atoms with Gasteiger partial charge in [0.15, 0.2) is 0 Å². The minimum absolute atomic E-state index is 0.0618. The molecule has 0 spiro atoms. The summed E-state index contributed by atoms with van der Waals surface area (Å²) >= 11 is 0. The summed E-state index contributed by atoms with van der Waals surface area (Å²) in [5.74, 6) is -0.652. The zero-order valence-electron chi connectivity index (χ0n) is 14.9. The van der Waals surface area contributed by atoms with E-state index in [0.717, 1.165) is 16.6 Å². The molecular formula is C19H16N6O3. The fourth-order valence-electron chi connectivity index (χ4n) is 2.98. The molecule has 1 amide bonds. The molecule has 9 heteroatoms. The van der Waals surface area contributed by atoms with Crippen molar-refractivity contribution >= 4 is 28.5 Å². The van der Waals surface area contributed by atoms with E-state index in [4.69, 9.17) is 4.74 Å². The number of ether oxygens (including phenoxy) is 1. The van der Waals surface area contributed by atoms with E-state index >= 15 is 0 Å². The molecule has 2 aromatic carbocycles. The number of benzene rings is 2. The van der Waals surface area contributed by atoms with Crippen LogP contribution in [-0.2, 0) is 16.1 Å². The molecule has 0 unspecified atom stereocenters. The lowest BCUT2D eigenvalue weighted by atomic mass is 10.2. The molecule has 0 aliphatic carbocycles. The molecule has 0 bridgehead atoms. The predicted octanol–water partition coefficient (Wildman–Crippen LogP) is 2.04. The lowest BCUT2D eigenvalue weighted by Crippen LogP contribution is -2.18. The number of aromatic nitrogens is 5. The standard InChI is InChI=1S/C19H16N6O3/c1-28-19(27)16-10-24(17-5-3-2-4-15(16)17)11-18(26)21-13-6-8-14(9-7-13)25-12-20-22-23-25/h2-10,12H,11H2,1H3,(H,21,26). The van der Waals surface area contributed by atoms with Gasteiger partial charge in [0.05, 0.1) is 18.4 Å². The van der Waals surface area contributed by atoms with Gasteiger partial charge in [-0.2, -0.15) is 0 Å². The zero-order valence-corrected chi connectivity index (χ0v) is 14.9. The van der Waals surface area contributed by atoms with Crippen LogP contribution in [0.5, 0.6) is 0 Å². The molecule has 1 N–H and O–H groups in total. The molecule has 2 aromatic heterocycles. The van der Waals surface area contributed by atoms with Crippen LogP contribution in [0.25, 0.3) is 16.6 Å². The number of tetrazole rings is 1. The first-order chi connectivity index (χ1) is 13.7. The number of methoxy groups -OCH3 is 1. The Morgan fingerprint density at radius 3 is 2.61 bits per heavy atom. The number of carbonyl (C=O) groups excluding carboxylic acids is 2. The third-order valence-corrected chi connectivity index (χ3v) is 4.27. The number of carbonyl (C=O) groups is 2. The molecule has 140 valence electrons. The van der Waals surface area contributed by atoms with Gasteiger partial charge >= 0.3 is 5.97 Å². The summed E-state index contributed by atoms with van der Waals surface area (Å²) < 4.78 is 8.08. The van der Waals surface area contributed by atoms with Crippen molar-refractivity contribution in [3.63, 3.8) is 0 Å². The fourth-order valence-corrected chi connectivity index (χ4v) is 2.98. The Morgan fingerprint density at radius 1 is 1.11 bits per heavy atom. The second-order valence-electron chi connectivity index (χ2n) is 6.03.